The maximum atomic E-state index is 11.5. The van der Waals surface area contributed by atoms with Crippen LogP contribution in [0, 0.1) is 11.8 Å². The topological polar surface area (TPSA) is 87.7 Å². The fraction of sp³-hybridized carbons (Fsp3) is 0.846. The Bertz CT molecular complexity index is 296. The molecule has 0 aromatic carbocycles. The van der Waals surface area contributed by atoms with Crippen molar-refractivity contribution in [3.63, 3.8) is 0 Å². The molecule has 0 saturated heterocycles. The van der Waals surface area contributed by atoms with Crippen molar-refractivity contribution < 1.29 is 19.4 Å². The van der Waals surface area contributed by atoms with Crippen LogP contribution < -0.4 is 10.6 Å². The average molecular weight is 272 g/mol. The van der Waals surface area contributed by atoms with Crippen LogP contribution in [0.3, 0.4) is 0 Å². The minimum absolute atomic E-state index is 0.0453. The van der Waals surface area contributed by atoms with Gasteiger partial charge in [0.25, 0.3) is 0 Å². The first-order valence-electron chi connectivity index (χ1n) is 6.97. The Morgan fingerprint density at radius 3 is 2.68 bits per heavy atom. The molecule has 1 aliphatic rings. The van der Waals surface area contributed by atoms with Crippen LogP contribution in [0.1, 0.15) is 32.6 Å². The molecule has 0 bridgehead atoms. The lowest BCUT2D eigenvalue weighted by Crippen LogP contribution is -2.42. The monoisotopic (exact) mass is 272 g/mol. The summed E-state index contributed by atoms with van der Waals surface area (Å²) in [6.07, 6.45) is 3.60. The van der Waals surface area contributed by atoms with Gasteiger partial charge in [0.1, 0.15) is 0 Å². The van der Waals surface area contributed by atoms with Gasteiger partial charge in [-0.3, -0.25) is 4.79 Å². The minimum atomic E-state index is -0.747. The molecule has 0 aliphatic heterocycles. The van der Waals surface area contributed by atoms with Crippen molar-refractivity contribution in [3.05, 3.63) is 0 Å². The lowest BCUT2D eigenvalue weighted by Gasteiger charge is -2.28. The van der Waals surface area contributed by atoms with Crippen LogP contribution in [0.15, 0.2) is 0 Å². The van der Waals surface area contributed by atoms with E-state index in [4.69, 9.17) is 9.84 Å². The highest BCUT2D eigenvalue weighted by Gasteiger charge is 2.30. The highest BCUT2D eigenvalue weighted by Crippen LogP contribution is 2.29. The Morgan fingerprint density at radius 1 is 1.26 bits per heavy atom. The van der Waals surface area contributed by atoms with E-state index in [9.17, 15) is 9.59 Å². The second-order valence-corrected chi connectivity index (χ2v) is 4.82. The van der Waals surface area contributed by atoms with E-state index in [-0.39, 0.29) is 17.9 Å². The molecule has 19 heavy (non-hydrogen) atoms. The molecule has 1 rings (SSSR count). The van der Waals surface area contributed by atoms with Gasteiger partial charge in [0.05, 0.1) is 12.5 Å². The van der Waals surface area contributed by atoms with E-state index in [1.807, 2.05) is 6.92 Å². The Labute approximate surface area is 113 Å². The van der Waals surface area contributed by atoms with Crippen LogP contribution in [0.25, 0.3) is 0 Å². The molecule has 2 unspecified atom stereocenters. The first-order chi connectivity index (χ1) is 9.15. The Hall–Kier alpha value is -1.30. The molecule has 0 aromatic heterocycles. The summed E-state index contributed by atoms with van der Waals surface area (Å²) in [6.45, 7) is 3.91. The number of hydrogen-bond acceptors (Lipinski definition) is 3. The number of amides is 2. The SMILES string of the molecule is CCOCCNC(=O)NCC1CCCCC1C(=O)O. The summed E-state index contributed by atoms with van der Waals surface area (Å²) in [5.74, 6) is -1.02. The predicted octanol–water partition coefficient (Wildman–Crippen LogP) is 1.21. The van der Waals surface area contributed by atoms with Crippen molar-refractivity contribution in [2.45, 2.75) is 32.6 Å². The van der Waals surface area contributed by atoms with Crippen molar-refractivity contribution in [1.82, 2.24) is 10.6 Å². The van der Waals surface area contributed by atoms with Crippen LogP contribution in [0.4, 0.5) is 4.79 Å². The number of carbonyl (C=O) groups excluding carboxylic acids is 1. The van der Waals surface area contributed by atoms with E-state index in [2.05, 4.69) is 10.6 Å². The summed E-state index contributed by atoms with van der Waals surface area (Å²) in [5, 5.41) is 14.6. The second kappa shape index (κ2) is 8.74. The summed E-state index contributed by atoms with van der Waals surface area (Å²) < 4.78 is 5.11. The second-order valence-electron chi connectivity index (χ2n) is 4.82. The van der Waals surface area contributed by atoms with Gasteiger partial charge in [-0.05, 0) is 25.7 Å². The fourth-order valence-electron chi connectivity index (χ4n) is 2.44. The molecule has 3 N–H and O–H groups in total. The third-order valence-corrected chi connectivity index (χ3v) is 3.49. The molecule has 2 atom stereocenters. The molecule has 2 amide bonds. The van der Waals surface area contributed by atoms with Gasteiger partial charge in [0, 0.05) is 19.7 Å². The summed E-state index contributed by atoms with van der Waals surface area (Å²) in [7, 11) is 0. The maximum Gasteiger partial charge on any atom is 0.314 e. The Morgan fingerprint density at radius 2 is 2.00 bits per heavy atom. The smallest absolute Gasteiger partial charge is 0.314 e. The molecule has 0 spiro atoms. The molecular weight excluding hydrogens is 248 g/mol. The molecule has 6 nitrogen and oxygen atoms in total. The van der Waals surface area contributed by atoms with Crippen molar-refractivity contribution in [2.75, 3.05) is 26.3 Å². The van der Waals surface area contributed by atoms with Crippen molar-refractivity contribution in [3.8, 4) is 0 Å². The van der Waals surface area contributed by atoms with Crippen LogP contribution in [-0.4, -0.2) is 43.4 Å². The Balaban J connectivity index is 2.22. The number of nitrogens with one attached hydrogen (secondary N) is 2. The van der Waals surface area contributed by atoms with Gasteiger partial charge < -0.3 is 20.5 Å². The number of ether oxygens (including phenoxy) is 1. The van der Waals surface area contributed by atoms with E-state index in [0.717, 1.165) is 19.3 Å². The van der Waals surface area contributed by atoms with E-state index in [1.165, 1.54) is 0 Å². The Kier molecular flexibility index (Phi) is 7.25. The van der Waals surface area contributed by atoms with Gasteiger partial charge in [-0.2, -0.15) is 0 Å². The zero-order valence-electron chi connectivity index (χ0n) is 11.5. The number of urea groups is 1. The van der Waals surface area contributed by atoms with Crippen LogP contribution >= 0.6 is 0 Å². The lowest BCUT2D eigenvalue weighted by atomic mass is 9.79. The van der Waals surface area contributed by atoms with Crippen molar-refractivity contribution >= 4 is 12.0 Å². The molecular formula is C13H24N2O4. The van der Waals surface area contributed by atoms with Crippen LogP contribution in [0.5, 0.6) is 0 Å². The fourth-order valence-corrected chi connectivity index (χ4v) is 2.44. The first kappa shape index (κ1) is 15.8. The van der Waals surface area contributed by atoms with E-state index in [0.29, 0.717) is 32.7 Å². The zero-order chi connectivity index (χ0) is 14.1. The standard InChI is InChI=1S/C13H24N2O4/c1-2-19-8-7-14-13(18)15-9-10-5-3-4-6-11(10)12(16)17/h10-11H,2-9H2,1H3,(H,16,17)(H2,14,15,18). The number of rotatable bonds is 7. The van der Waals surface area contributed by atoms with Gasteiger partial charge in [0.2, 0.25) is 0 Å². The number of carbonyl (C=O) groups is 2. The first-order valence-corrected chi connectivity index (χ1v) is 6.97. The van der Waals surface area contributed by atoms with Gasteiger partial charge >= 0.3 is 12.0 Å². The van der Waals surface area contributed by atoms with Gasteiger partial charge in [-0.1, -0.05) is 12.8 Å². The lowest BCUT2D eigenvalue weighted by molar-refractivity contribution is -0.144. The van der Waals surface area contributed by atoms with Crippen molar-refractivity contribution in [1.29, 1.82) is 0 Å². The number of carboxylic acid groups (broad SMARTS) is 1. The average Bonchev–Trinajstić information content (AvgIpc) is 2.41. The third-order valence-electron chi connectivity index (χ3n) is 3.49. The summed E-state index contributed by atoms with van der Waals surface area (Å²) >= 11 is 0. The quantitative estimate of drug-likeness (QED) is 0.608. The molecule has 0 heterocycles. The van der Waals surface area contributed by atoms with Crippen LogP contribution in [-0.2, 0) is 9.53 Å². The summed E-state index contributed by atoms with van der Waals surface area (Å²) in [5.41, 5.74) is 0. The summed E-state index contributed by atoms with van der Waals surface area (Å²) in [6, 6.07) is -0.255. The maximum absolute atomic E-state index is 11.5. The van der Waals surface area contributed by atoms with Gasteiger partial charge in [-0.25, -0.2) is 4.79 Å². The van der Waals surface area contributed by atoms with Gasteiger partial charge in [0.15, 0.2) is 0 Å². The van der Waals surface area contributed by atoms with Crippen molar-refractivity contribution in [2.24, 2.45) is 11.8 Å². The molecule has 0 aromatic rings. The van der Waals surface area contributed by atoms with Gasteiger partial charge in [-0.15, -0.1) is 0 Å². The van der Waals surface area contributed by atoms with E-state index >= 15 is 0 Å². The molecule has 6 heteroatoms. The largest absolute Gasteiger partial charge is 0.481 e. The molecule has 1 fully saturated rings. The normalized spacial score (nSPS) is 22.8. The molecule has 0 radical (unpaired) electrons. The number of hydrogen-bond donors (Lipinski definition) is 3. The summed E-state index contributed by atoms with van der Waals surface area (Å²) in [4.78, 5) is 22.6. The van der Waals surface area contributed by atoms with Crippen LogP contribution in [0.2, 0.25) is 0 Å². The van der Waals surface area contributed by atoms with E-state index in [1.54, 1.807) is 0 Å². The minimum Gasteiger partial charge on any atom is -0.481 e. The number of carboxylic acids is 1. The van der Waals surface area contributed by atoms with E-state index < -0.39 is 5.97 Å². The highest BCUT2D eigenvalue weighted by molar-refractivity contribution is 5.74. The molecule has 1 aliphatic carbocycles. The zero-order valence-corrected chi connectivity index (χ0v) is 11.5. The predicted molar refractivity (Wildman–Crippen MR) is 71.0 cm³/mol. The molecule has 110 valence electrons. The number of aliphatic carboxylic acids is 1. The molecule has 1 saturated carbocycles. The highest BCUT2D eigenvalue weighted by atomic mass is 16.5. The third kappa shape index (κ3) is 5.92.